The van der Waals surface area contributed by atoms with Gasteiger partial charge in [0.15, 0.2) is 0 Å². The average molecular weight is 1150 g/mol. The van der Waals surface area contributed by atoms with Crippen LogP contribution in [0.1, 0.15) is 187 Å². The molecule has 19 nitrogen and oxygen atoms in total. The van der Waals surface area contributed by atoms with Crippen molar-refractivity contribution in [2.75, 3.05) is 114 Å². The lowest BCUT2D eigenvalue weighted by Crippen LogP contribution is -2.53. The van der Waals surface area contributed by atoms with Crippen LogP contribution in [0.15, 0.2) is 0 Å². The van der Waals surface area contributed by atoms with Gasteiger partial charge in [0.25, 0.3) is 0 Å². The number of rotatable bonds is 55. The van der Waals surface area contributed by atoms with Crippen LogP contribution in [0.3, 0.4) is 0 Å². The van der Waals surface area contributed by atoms with Gasteiger partial charge in [-0.25, -0.2) is 0 Å². The Kier molecular flexibility index (Phi) is 46.1. The molecule has 454 valence electrons. The standard InChI is InChI=1S/C57H105N4O15PS/c1-47(2)77(69,78)76-52-31-29-48(30-32-52)54(65)28-14-6-13-27-53(57(68)60-35-17-9-12-23-51(64)26-20-38-75-44-41-72-5)61(45-55(66)58-33-15-7-10-21-49(62)24-18-36-73-42-39-70-3)46-56(67)59-34-16-8-11-22-50(63)25-19-37-74-43-40-71-4/h47-48,52-53H,6-46H2,1-5H3,(H,58,66)(H,59,67)(H,60,68)(H,69,78)/p-1. The molecule has 2 atom stereocenters. The van der Waals surface area contributed by atoms with E-state index in [1.54, 1.807) is 40.1 Å². The van der Waals surface area contributed by atoms with Gasteiger partial charge in [0.2, 0.25) is 17.7 Å². The maximum absolute atomic E-state index is 14.2. The van der Waals surface area contributed by atoms with Gasteiger partial charge in [0.05, 0.1) is 64.9 Å². The Balaban J connectivity index is 2.97. The second kappa shape index (κ2) is 49.0. The quantitative estimate of drug-likeness (QED) is 0.0414. The number of Topliss-reactive ketones (excluding diaryl/α,β-unsaturated/α-hetero) is 4. The predicted octanol–water partition coefficient (Wildman–Crippen LogP) is 6.90. The van der Waals surface area contributed by atoms with Crippen molar-refractivity contribution in [2.24, 2.45) is 5.92 Å². The minimum Gasteiger partial charge on any atom is -0.800 e. The summed E-state index contributed by atoms with van der Waals surface area (Å²) < 4.78 is 37.1. The number of ketones is 4. The number of carbonyl (C=O) groups is 7. The molecular formula is C57H104N4O15PS-. The van der Waals surface area contributed by atoms with Crippen molar-refractivity contribution in [3.63, 3.8) is 0 Å². The summed E-state index contributed by atoms with van der Waals surface area (Å²) >= 11 is 5.23. The highest BCUT2D eigenvalue weighted by atomic mass is 32.5. The van der Waals surface area contributed by atoms with Crippen molar-refractivity contribution in [3.05, 3.63) is 0 Å². The number of methoxy groups -OCH3 is 3. The molecule has 0 aromatic heterocycles. The van der Waals surface area contributed by atoms with E-state index >= 15 is 0 Å². The summed E-state index contributed by atoms with van der Waals surface area (Å²) in [5.41, 5.74) is -0.238. The predicted molar refractivity (Wildman–Crippen MR) is 305 cm³/mol. The first kappa shape index (κ1) is 73.4. The van der Waals surface area contributed by atoms with Crippen LogP contribution in [-0.2, 0) is 78.3 Å². The van der Waals surface area contributed by atoms with E-state index in [-0.39, 0.29) is 71.6 Å². The Bertz CT molecular complexity index is 1620. The number of hydrogen-bond donors (Lipinski definition) is 3. The van der Waals surface area contributed by atoms with Crippen molar-refractivity contribution < 1.29 is 71.4 Å². The zero-order valence-corrected chi connectivity index (χ0v) is 50.4. The fraction of sp³-hybridized carbons (Fsp3) is 0.877. The Morgan fingerprint density at radius 2 is 0.885 bits per heavy atom. The highest BCUT2D eigenvalue weighted by molar-refractivity contribution is 8.09. The lowest BCUT2D eigenvalue weighted by molar-refractivity contribution is -0.189. The van der Waals surface area contributed by atoms with Crippen LogP contribution in [-0.4, -0.2) is 177 Å². The zero-order chi connectivity index (χ0) is 57.5. The van der Waals surface area contributed by atoms with Crippen LogP contribution < -0.4 is 20.8 Å². The molecule has 1 fully saturated rings. The van der Waals surface area contributed by atoms with Crippen molar-refractivity contribution in [3.8, 4) is 0 Å². The van der Waals surface area contributed by atoms with E-state index in [0.29, 0.717) is 233 Å². The molecule has 0 radical (unpaired) electrons. The molecule has 78 heavy (non-hydrogen) atoms. The van der Waals surface area contributed by atoms with Crippen LogP contribution in [0.25, 0.3) is 0 Å². The summed E-state index contributed by atoms with van der Waals surface area (Å²) in [4.78, 5) is 106. The summed E-state index contributed by atoms with van der Waals surface area (Å²) in [5, 5.41) is 8.99. The first-order valence-electron chi connectivity index (χ1n) is 29.4. The van der Waals surface area contributed by atoms with E-state index < -0.39 is 12.5 Å². The van der Waals surface area contributed by atoms with E-state index in [2.05, 4.69) is 16.0 Å². The van der Waals surface area contributed by atoms with Gasteiger partial charge in [-0.1, -0.05) is 57.8 Å². The summed E-state index contributed by atoms with van der Waals surface area (Å²) in [6.45, 7) is 5.78. The number of nitrogens with zero attached hydrogens (tertiary/aromatic N) is 1. The molecule has 0 saturated heterocycles. The van der Waals surface area contributed by atoms with Crippen LogP contribution in [0, 0.1) is 5.92 Å². The third-order valence-electron chi connectivity index (χ3n) is 13.8. The first-order valence-corrected chi connectivity index (χ1v) is 32.2. The van der Waals surface area contributed by atoms with Gasteiger partial charge >= 0.3 is 0 Å². The van der Waals surface area contributed by atoms with Crippen molar-refractivity contribution in [1.29, 1.82) is 0 Å². The topological polar surface area (TPSA) is 246 Å². The molecule has 21 heteroatoms. The summed E-state index contributed by atoms with van der Waals surface area (Å²) in [5.74, 6) is -0.307. The monoisotopic (exact) mass is 1150 g/mol. The molecule has 2 unspecified atom stereocenters. The SMILES string of the molecule is COCCOCCCC(=O)CCCCCNC(=O)CN(CC(=O)NCCCCCC(=O)CCCOCCOC)C(CCCCCC(=O)C1CCC(OP([O-])(=S)C(C)C)CC1)C(=O)NCCCCCC(=O)CCCOCCOC. The van der Waals surface area contributed by atoms with Gasteiger partial charge < -0.3 is 53.8 Å². The fourth-order valence-electron chi connectivity index (χ4n) is 8.95. The number of hydrogen-bond acceptors (Lipinski definition) is 17. The lowest BCUT2D eigenvalue weighted by Gasteiger charge is -2.38. The van der Waals surface area contributed by atoms with E-state index in [4.69, 9.17) is 44.8 Å². The maximum atomic E-state index is 14.2. The number of unbranched alkanes of at least 4 members (excludes halogenated alkanes) is 8. The third kappa shape index (κ3) is 40.5. The summed E-state index contributed by atoms with van der Waals surface area (Å²) in [6, 6.07) is -0.820. The van der Waals surface area contributed by atoms with Crippen molar-refractivity contribution in [1.82, 2.24) is 20.9 Å². The molecule has 0 aliphatic heterocycles. The molecule has 0 heterocycles. The van der Waals surface area contributed by atoms with Crippen LogP contribution >= 0.6 is 6.49 Å². The largest absolute Gasteiger partial charge is 0.800 e. The molecule has 3 N–H and O–H groups in total. The third-order valence-corrected chi connectivity index (χ3v) is 17.1. The number of nitrogens with one attached hydrogen (secondary N) is 3. The second-order valence-corrected chi connectivity index (χ2v) is 24.7. The Hall–Kier alpha value is -2.62. The minimum absolute atomic E-state index is 0.0858. The van der Waals surface area contributed by atoms with Gasteiger partial charge in [0, 0.05) is 112 Å². The lowest BCUT2D eigenvalue weighted by atomic mass is 9.83. The zero-order valence-electron chi connectivity index (χ0n) is 48.7. The number of ether oxygens (including phenoxy) is 6. The Labute approximate surface area is 474 Å². The van der Waals surface area contributed by atoms with Gasteiger partial charge in [-0.05, 0) is 108 Å². The number of amides is 3. The van der Waals surface area contributed by atoms with E-state index in [1.807, 2.05) is 0 Å². The summed E-state index contributed by atoms with van der Waals surface area (Å²) in [7, 11) is 4.84. The average Bonchev–Trinajstić information content (AvgIpc) is 3.40. The normalized spacial score (nSPS) is 15.7. The molecule has 1 aliphatic carbocycles. The Morgan fingerprint density at radius 1 is 0.500 bits per heavy atom. The van der Waals surface area contributed by atoms with Crippen LogP contribution in [0.5, 0.6) is 0 Å². The van der Waals surface area contributed by atoms with Gasteiger partial charge in [0.1, 0.15) is 23.1 Å². The molecule has 1 saturated carbocycles. The minimum atomic E-state index is -3.12. The molecule has 0 bridgehead atoms. The molecule has 3 amide bonds. The molecular weight excluding hydrogens is 1040 g/mol. The van der Waals surface area contributed by atoms with Crippen LogP contribution in [0.4, 0.5) is 0 Å². The molecule has 1 aliphatic rings. The van der Waals surface area contributed by atoms with Crippen LogP contribution in [0.2, 0.25) is 0 Å². The fourth-order valence-corrected chi connectivity index (χ4v) is 10.2. The molecule has 0 aromatic rings. The molecule has 0 spiro atoms. The number of carbonyl (C=O) groups excluding carboxylic acids is 7. The van der Waals surface area contributed by atoms with E-state index in [1.165, 1.54) is 0 Å². The highest BCUT2D eigenvalue weighted by Crippen LogP contribution is 2.46. The summed E-state index contributed by atoms with van der Waals surface area (Å²) in [6.07, 6.45) is 16.1. The molecule has 1 rings (SSSR count). The smallest absolute Gasteiger partial charge is 0.237 e. The van der Waals surface area contributed by atoms with Crippen molar-refractivity contribution >= 4 is 59.2 Å². The van der Waals surface area contributed by atoms with E-state index in [0.717, 1.165) is 19.3 Å². The van der Waals surface area contributed by atoms with E-state index in [9.17, 15) is 38.5 Å². The Morgan fingerprint density at radius 3 is 1.29 bits per heavy atom. The van der Waals surface area contributed by atoms with Gasteiger partial charge in [-0.15, -0.1) is 0 Å². The highest BCUT2D eigenvalue weighted by Gasteiger charge is 2.30. The van der Waals surface area contributed by atoms with Gasteiger partial charge in [-0.2, -0.15) is 0 Å². The van der Waals surface area contributed by atoms with Gasteiger partial charge in [-0.3, -0.25) is 38.5 Å². The first-order chi connectivity index (χ1) is 37.6. The van der Waals surface area contributed by atoms with Crippen molar-refractivity contribution in [2.45, 2.75) is 205 Å². The molecule has 0 aromatic carbocycles. The maximum Gasteiger partial charge on any atom is 0.237 e. The second-order valence-electron chi connectivity index (χ2n) is 20.9.